The number of anilines is 1. The van der Waals surface area contributed by atoms with Crippen LogP contribution in [0.3, 0.4) is 0 Å². The van der Waals surface area contributed by atoms with Crippen molar-refractivity contribution in [1.82, 2.24) is 14.9 Å². The SMILES string of the molecule is CCCCOc1ccc2c(-c3ccccc3)nc(/C(C#N)=C3\N=C(N(CC)CC)c4ccccc4N3)nc2c1. The Kier molecular flexibility index (Phi) is 7.83. The van der Waals surface area contributed by atoms with E-state index in [4.69, 9.17) is 19.7 Å². The third-order valence-electron chi connectivity index (χ3n) is 6.76. The minimum atomic E-state index is 0.283. The van der Waals surface area contributed by atoms with Gasteiger partial charge in [0.1, 0.15) is 23.2 Å². The average Bonchev–Trinajstić information content (AvgIpc) is 2.98. The first-order valence-electron chi connectivity index (χ1n) is 13.5. The van der Waals surface area contributed by atoms with Gasteiger partial charge in [0.2, 0.25) is 0 Å². The summed E-state index contributed by atoms with van der Waals surface area (Å²) in [6.45, 7) is 8.58. The fraction of sp³-hybridized carbons (Fsp3) is 0.250. The maximum Gasteiger partial charge on any atom is 0.175 e. The average molecular weight is 517 g/mol. The number of para-hydroxylation sites is 1. The first-order chi connectivity index (χ1) is 19.2. The van der Waals surface area contributed by atoms with Crippen molar-refractivity contribution in [3.05, 3.63) is 90.0 Å². The van der Waals surface area contributed by atoms with Crippen LogP contribution in [0.2, 0.25) is 0 Å². The summed E-state index contributed by atoms with van der Waals surface area (Å²) >= 11 is 0. The Hall–Kier alpha value is -4.70. The maximum absolute atomic E-state index is 10.4. The van der Waals surface area contributed by atoms with Gasteiger partial charge in [0.25, 0.3) is 0 Å². The third kappa shape index (κ3) is 5.32. The molecule has 7 nitrogen and oxygen atoms in total. The van der Waals surface area contributed by atoms with Gasteiger partial charge in [0, 0.05) is 35.7 Å². The molecule has 196 valence electrons. The Balaban J connectivity index is 1.71. The number of hydrogen-bond acceptors (Lipinski definition) is 7. The largest absolute Gasteiger partial charge is 0.494 e. The summed E-state index contributed by atoms with van der Waals surface area (Å²) in [7, 11) is 0. The fourth-order valence-corrected chi connectivity index (χ4v) is 4.66. The van der Waals surface area contributed by atoms with Crippen LogP contribution in [0, 0.1) is 11.3 Å². The van der Waals surface area contributed by atoms with Gasteiger partial charge < -0.3 is 15.0 Å². The predicted octanol–water partition coefficient (Wildman–Crippen LogP) is 6.88. The lowest BCUT2D eigenvalue weighted by molar-refractivity contribution is 0.310. The predicted molar refractivity (Wildman–Crippen MR) is 157 cm³/mol. The molecule has 0 aliphatic carbocycles. The number of nitriles is 1. The van der Waals surface area contributed by atoms with Crippen molar-refractivity contribution in [1.29, 1.82) is 5.26 Å². The first-order valence-corrected chi connectivity index (χ1v) is 13.5. The highest BCUT2D eigenvalue weighted by atomic mass is 16.5. The van der Waals surface area contributed by atoms with E-state index in [-0.39, 0.29) is 5.57 Å². The van der Waals surface area contributed by atoms with Crippen LogP contribution in [0.4, 0.5) is 5.69 Å². The monoisotopic (exact) mass is 516 g/mol. The van der Waals surface area contributed by atoms with Crippen LogP contribution in [0.1, 0.15) is 45.0 Å². The molecule has 7 heteroatoms. The summed E-state index contributed by atoms with van der Waals surface area (Å²) < 4.78 is 5.97. The standard InChI is InChI=1S/C32H32N6O/c1-4-7-19-39-23-17-18-24-28(20-23)35-30(36-29(24)22-13-9-8-10-14-22)26(21-33)31-34-27-16-12-11-15-25(27)32(37-31)38(5-2)6-3/h8-18,20,34H,4-7,19H2,1-3H3/b31-26-. The molecule has 5 rings (SSSR count). The van der Waals surface area contributed by atoms with E-state index in [2.05, 4.69) is 37.1 Å². The zero-order valence-corrected chi connectivity index (χ0v) is 22.6. The van der Waals surface area contributed by atoms with Gasteiger partial charge in [-0.25, -0.2) is 15.0 Å². The van der Waals surface area contributed by atoms with Gasteiger partial charge in [-0.05, 0) is 44.5 Å². The molecule has 0 saturated carbocycles. The Morgan fingerprint density at radius 1 is 0.949 bits per heavy atom. The van der Waals surface area contributed by atoms with Crippen molar-refractivity contribution >= 4 is 28.0 Å². The van der Waals surface area contributed by atoms with E-state index in [1.807, 2.05) is 72.8 Å². The highest BCUT2D eigenvalue weighted by Crippen LogP contribution is 2.33. The molecule has 0 bridgehead atoms. The summed E-state index contributed by atoms with van der Waals surface area (Å²) in [5, 5.41) is 14.7. The van der Waals surface area contributed by atoms with Crippen LogP contribution in [-0.2, 0) is 0 Å². The van der Waals surface area contributed by atoms with Gasteiger partial charge in [0.05, 0.1) is 23.5 Å². The third-order valence-corrected chi connectivity index (χ3v) is 6.76. The normalized spacial score (nSPS) is 13.6. The molecular formula is C32H32N6O. The van der Waals surface area contributed by atoms with Crippen molar-refractivity contribution < 1.29 is 4.74 Å². The van der Waals surface area contributed by atoms with Crippen molar-refractivity contribution in [2.45, 2.75) is 33.6 Å². The molecule has 1 aliphatic heterocycles. The highest BCUT2D eigenvalue weighted by Gasteiger charge is 2.24. The van der Waals surface area contributed by atoms with E-state index < -0.39 is 0 Å². The van der Waals surface area contributed by atoms with Crippen LogP contribution < -0.4 is 10.1 Å². The maximum atomic E-state index is 10.4. The number of ether oxygens (including phenoxy) is 1. The molecule has 0 atom stereocenters. The summed E-state index contributed by atoms with van der Waals surface area (Å²) in [6, 6.07) is 26.2. The molecule has 1 aliphatic rings. The summed E-state index contributed by atoms with van der Waals surface area (Å²) in [6.07, 6.45) is 2.04. The zero-order chi connectivity index (χ0) is 27.2. The topological polar surface area (TPSA) is 86.4 Å². The van der Waals surface area contributed by atoms with Gasteiger partial charge in [-0.15, -0.1) is 0 Å². The van der Waals surface area contributed by atoms with Crippen LogP contribution >= 0.6 is 0 Å². The zero-order valence-electron chi connectivity index (χ0n) is 22.6. The molecule has 4 aromatic rings. The fourth-order valence-electron chi connectivity index (χ4n) is 4.66. The van der Waals surface area contributed by atoms with Gasteiger partial charge in [-0.2, -0.15) is 5.26 Å². The lowest BCUT2D eigenvalue weighted by atomic mass is 10.1. The number of nitrogens with one attached hydrogen (secondary N) is 1. The molecule has 2 heterocycles. The minimum absolute atomic E-state index is 0.283. The number of amidine groups is 1. The number of benzene rings is 3. The van der Waals surface area contributed by atoms with Crippen LogP contribution in [0.15, 0.2) is 83.6 Å². The summed E-state index contributed by atoms with van der Waals surface area (Å²) in [5.74, 6) is 2.33. The van der Waals surface area contributed by atoms with Crippen LogP contribution in [0.25, 0.3) is 27.7 Å². The minimum Gasteiger partial charge on any atom is -0.494 e. The molecule has 0 saturated heterocycles. The van der Waals surface area contributed by atoms with E-state index in [0.29, 0.717) is 23.8 Å². The molecule has 39 heavy (non-hydrogen) atoms. The number of rotatable bonds is 8. The number of fused-ring (bicyclic) bond motifs is 2. The molecule has 1 N–H and O–H groups in total. The van der Waals surface area contributed by atoms with Crippen molar-refractivity contribution in [3.63, 3.8) is 0 Å². The van der Waals surface area contributed by atoms with Crippen LogP contribution in [0.5, 0.6) is 5.75 Å². The summed E-state index contributed by atoms with van der Waals surface area (Å²) in [5.41, 5.74) is 4.60. The molecule has 0 amide bonds. The Bertz CT molecular complexity index is 1580. The number of unbranched alkanes of at least 4 members (excludes halogenated alkanes) is 1. The number of aliphatic imine (C=N–C) groups is 1. The smallest absolute Gasteiger partial charge is 0.175 e. The Morgan fingerprint density at radius 2 is 1.72 bits per heavy atom. The molecule has 1 aromatic heterocycles. The van der Waals surface area contributed by atoms with Gasteiger partial charge in [-0.1, -0.05) is 55.8 Å². The lowest BCUT2D eigenvalue weighted by Gasteiger charge is -2.29. The van der Waals surface area contributed by atoms with E-state index in [0.717, 1.165) is 65.4 Å². The molecule has 3 aromatic carbocycles. The number of aromatic nitrogens is 2. The second-order valence-corrected chi connectivity index (χ2v) is 9.26. The molecule has 0 spiro atoms. The molecular weight excluding hydrogens is 484 g/mol. The first kappa shape index (κ1) is 25.9. The van der Waals surface area contributed by atoms with E-state index in [1.165, 1.54) is 0 Å². The Morgan fingerprint density at radius 3 is 2.46 bits per heavy atom. The highest BCUT2D eigenvalue weighted by molar-refractivity contribution is 6.07. The van der Waals surface area contributed by atoms with Gasteiger partial charge in [0.15, 0.2) is 11.6 Å². The number of hydrogen-bond donors (Lipinski definition) is 1. The second kappa shape index (κ2) is 11.8. The van der Waals surface area contributed by atoms with Crippen LogP contribution in [-0.4, -0.2) is 40.4 Å². The molecule has 0 radical (unpaired) electrons. The number of nitrogens with zero attached hydrogens (tertiary/aromatic N) is 5. The molecule has 0 fully saturated rings. The number of allylic oxidation sites excluding steroid dienone is 1. The van der Waals surface area contributed by atoms with E-state index in [9.17, 15) is 5.26 Å². The van der Waals surface area contributed by atoms with Crippen molar-refractivity contribution in [2.75, 3.05) is 25.0 Å². The quantitative estimate of drug-likeness (QED) is 0.203. The van der Waals surface area contributed by atoms with Gasteiger partial charge in [-0.3, -0.25) is 0 Å². The molecule has 0 unspecified atom stereocenters. The van der Waals surface area contributed by atoms with E-state index in [1.54, 1.807) is 0 Å². The lowest BCUT2D eigenvalue weighted by Crippen LogP contribution is -2.34. The second-order valence-electron chi connectivity index (χ2n) is 9.26. The van der Waals surface area contributed by atoms with E-state index >= 15 is 0 Å². The summed E-state index contributed by atoms with van der Waals surface area (Å²) in [4.78, 5) is 16.9. The van der Waals surface area contributed by atoms with Crippen molar-refractivity contribution in [2.24, 2.45) is 4.99 Å². The van der Waals surface area contributed by atoms with Gasteiger partial charge >= 0.3 is 0 Å². The Labute approximate surface area is 229 Å². The van der Waals surface area contributed by atoms with Crippen molar-refractivity contribution in [3.8, 4) is 23.1 Å².